The van der Waals surface area contributed by atoms with Gasteiger partial charge < -0.3 is 0 Å². The van der Waals surface area contributed by atoms with Crippen LogP contribution >= 0.6 is 45.3 Å². The van der Waals surface area contributed by atoms with E-state index in [-0.39, 0.29) is 0 Å². The van der Waals surface area contributed by atoms with Crippen molar-refractivity contribution in [2.24, 2.45) is 0 Å². The smallest absolute Gasteiger partial charge is 0.0532 e. The van der Waals surface area contributed by atoms with Crippen molar-refractivity contribution in [3.63, 3.8) is 0 Å². The van der Waals surface area contributed by atoms with Crippen LogP contribution in [0.2, 0.25) is 0 Å². The molecule has 0 aliphatic heterocycles. The summed E-state index contributed by atoms with van der Waals surface area (Å²) >= 11 is 8.04. The maximum atomic E-state index is 2.50. The van der Waals surface area contributed by atoms with Crippen LogP contribution in [0.5, 0.6) is 0 Å². The maximum Gasteiger partial charge on any atom is 0.0532 e. The number of rotatable bonds is 10. The van der Waals surface area contributed by atoms with Crippen LogP contribution in [0.25, 0.3) is 39.0 Å². The lowest BCUT2D eigenvalue weighted by Gasteiger charge is -1.97. The van der Waals surface area contributed by atoms with E-state index in [4.69, 9.17) is 0 Å². The molecular weight excluding hydrogens is 441 g/mol. The van der Waals surface area contributed by atoms with Crippen molar-refractivity contribution < 1.29 is 0 Å². The third-order valence-electron chi connectivity index (χ3n) is 6.15. The molecule has 0 aliphatic rings. The molecule has 1 aromatic carbocycles. The molecule has 0 saturated carbocycles. The van der Waals surface area contributed by atoms with Crippen LogP contribution in [0.1, 0.15) is 75.7 Å². The van der Waals surface area contributed by atoms with Crippen molar-refractivity contribution in [1.82, 2.24) is 0 Å². The molecule has 30 heavy (non-hydrogen) atoms. The molecule has 4 heterocycles. The Morgan fingerprint density at radius 1 is 0.600 bits per heavy atom. The van der Waals surface area contributed by atoms with E-state index in [1.54, 1.807) is 15.1 Å². The lowest BCUT2D eigenvalue weighted by atomic mass is 10.1. The Balaban J connectivity index is 1.46. The predicted octanol–water partition coefficient (Wildman–Crippen LogP) is 10.8. The molecule has 0 saturated heterocycles. The first kappa shape index (κ1) is 20.9. The maximum absolute atomic E-state index is 2.50. The first-order valence-corrected chi connectivity index (χ1v) is 14.9. The van der Waals surface area contributed by atoms with E-state index in [0.717, 1.165) is 0 Å². The summed E-state index contributed by atoms with van der Waals surface area (Å²) in [6, 6.07) is 7.46. The number of thiophene rings is 4. The van der Waals surface area contributed by atoms with E-state index >= 15 is 0 Å². The zero-order valence-electron chi connectivity index (χ0n) is 18.0. The Morgan fingerprint density at radius 2 is 1.30 bits per heavy atom. The second kappa shape index (κ2) is 9.28. The SMILES string of the molecule is CCCCCCc1cc2sc3cc4c(cc3c2s1)sc1c(CCCCCC)csc14. The molecule has 5 rings (SSSR count). The van der Waals surface area contributed by atoms with Crippen molar-refractivity contribution in [2.75, 3.05) is 0 Å². The van der Waals surface area contributed by atoms with E-state index in [9.17, 15) is 0 Å². The first-order chi connectivity index (χ1) is 14.8. The van der Waals surface area contributed by atoms with Crippen LogP contribution in [0.4, 0.5) is 0 Å². The summed E-state index contributed by atoms with van der Waals surface area (Å²) in [5.41, 5.74) is 1.59. The van der Waals surface area contributed by atoms with Gasteiger partial charge >= 0.3 is 0 Å². The second-order valence-electron chi connectivity index (χ2n) is 8.50. The molecule has 0 bridgehead atoms. The van der Waals surface area contributed by atoms with Crippen LogP contribution in [0.15, 0.2) is 23.6 Å². The van der Waals surface area contributed by atoms with Gasteiger partial charge in [-0.3, -0.25) is 0 Å². The van der Waals surface area contributed by atoms with Gasteiger partial charge in [0.25, 0.3) is 0 Å². The average molecular weight is 471 g/mol. The molecule has 5 aromatic rings. The van der Waals surface area contributed by atoms with Crippen molar-refractivity contribution in [3.8, 4) is 0 Å². The van der Waals surface area contributed by atoms with Crippen LogP contribution < -0.4 is 0 Å². The fraction of sp³-hybridized carbons (Fsp3) is 0.462. The predicted molar refractivity (Wildman–Crippen MR) is 144 cm³/mol. The lowest BCUT2D eigenvalue weighted by molar-refractivity contribution is 0.669. The third-order valence-corrected chi connectivity index (χ3v) is 11.0. The molecule has 0 aliphatic carbocycles. The van der Waals surface area contributed by atoms with Crippen LogP contribution in [0, 0.1) is 0 Å². The van der Waals surface area contributed by atoms with E-state index < -0.39 is 0 Å². The number of benzene rings is 1. The molecule has 0 unspecified atom stereocenters. The van der Waals surface area contributed by atoms with Crippen molar-refractivity contribution in [2.45, 2.75) is 78.1 Å². The van der Waals surface area contributed by atoms with Gasteiger partial charge in [0.2, 0.25) is 0 Å². The number of hydrogen-bond donors (Lipinski definition) is 0. The van der Waals surface area contributed by atoms with E-state index in [0.29, 0.717) is 0 Å². The average Bonchev–Trinajstić information content (AvgIpc) is 3.47. The molecule has 4 aromatic heterocycles. The molecule has 0 atom stereocenters. The van der Waals surface area contributed by atoms with Gasteiger partial charge in [-0.05, 0) is 54.8 Å². The van der Waals surface area contributed by atoms with Gasteiger partial charge in [0.15, 0.2) is 0 Å². The Hall–Kier alpha value is -0.940. The number of fused-ring (bicyclic) bond motifs is 6. The summed E-state index contributed by atoms with van der Waals surface area (Å²) < 4.78 is 9.06. The highest BCUT2D eigenvalue weighted by molar-refractivity contribution is 7.34. The fourth-order valence-corrected chi connectivity index (χ4v) is 9.64. The molecule has 0 spiro atoms. The van der Waals surface area contributed by atoms with E-state index in [1.807, 2.05) is 45.3 Å². The van der Waals surface area contributed by atoms with Gasteiger partial charge in [-0.15, -0.1) is 45.3 Å². The summed E-state index contributed by atoms with van der Waals surface area (Å²) in [5, 5.41) is 5.40. The van der Waals surface area contributed by atoms with Crippen LogP contribution in [-0.4, -0.2) is 0 Å². The van der Waals surface area contributed by atoms with Gasteiger partial charge in [-0.1, -0.05) is 52.4 Å². The summed E-state index contributed by atoms with van der Waals surface area (Å²) in [7, 11) is 0. The number of unbranched alkanes of at least 4 members (excludes halogenated alkanes) is 6. The molecule has 0 amide bonds. The van der Waals surface area contributed by atoms with Crippen molar-refractivity contribution >= 4 is 84.3 Å². The monoisotopic (exact) mass is 470 g/mol. The molecule has 0 nitrogen and oxygen atoms in total. The van der Waals surface area contributed by atoms with Crippen molar-refractivity contribution in [3.05, 3.63) is 34.0 Å². The lowest BCUT2D eigenvalue weighted by Crippen LogP contribution is -1.82. The Bertz CT molecular complexity index is 1280. The largest absolute Gasteiger partial charge is 0.142 e. The topological polar surface area (TPSA) is 0 Å². The third kappa shape index (κ3) is 3.97. The van der Waals surface area contributed by atoms with Crippen molar-refractivity contribution in [1.29, 1.82) is 0 Å². The summed E-state index contributed by atoms with van der Waals surface area (Å²) in [4.78, 5) is 1.58. The summed E-state index contributed by atoms with van der Waals surface area (Å²) in [5.74, 6) is 0. The highest BCUT2D eigenvalue weighted by atomic mass is 32.1. The molecule has 158 valence electrons. The fourth-order valence-electron chi connectivity index (χ4n) is 4.44. The summed E-state index contributed by atoms with van der Waals surface area (Å²) in [6.07, 6.45) is 13.3. The van der Waals surface area contributed by atoms with Gasteiger partial charge in [-0.2, -0.15) is 0 Å². The second-order valence-corrected chi connectivity index (χ2v) is 12.6. The molecule has 0 N–H and O–H groups in total. The minimum atomic E-state index is 1.25. The molecule has 0 fully saturated rings. The van der Waals surface area contributed by atoms with E-state index in [2.05, 4.69) is 37.4 Å². The summed E-state index contributed by atoms with van der Waals surface area (Å²) in [6.45, 7) is 4.58. The normalized spacial score (nSPS) is 12.3. The Kier molecular flexibility index (Phi) is 6.47. The van der Waals surface area contributed by atoms with Gasteiger partial charge in [-0.25, -0.2) is 0 Å². The van der Waals surface area contributed by atoms with Crippen LogP contribution in [-0.2, 0) is 12.8 Å². The standard InChI is InChI=1S/C26H30S4/c1-3-5-7-9-11-17-16-27-26-20-15-21-19(14-22(20)30-24(17)26)25-23(29-21)13-18(28-25)12-10-8-6-4-2/h13-16H,3-12H2,1-2H3. The van der Waals surface area contributed by atoms with Gasteiger partial charge in [0.1, 0.15) is 0 Å². The minimum Gasteiger partial charge on any atom is -0.142 e. The van der Waals surface area contributed by atoms with E-state index in [1.165, 1.54) is 98.5 Å². The molecular formula is C26H30S4. The van der Waals surface area contributed by atoms with Gasteiger partial charge in [0.05, 0.1) is 9.40 Å². The van der Waals surface area contributed by atoms with Crippen LogP contribution in [0.3, 0.4) is 0 Å². The van der Waals surface area contributed by atoms with Gasteiger partial charge in [0, 0.05) is 34.4 Å². The zero-order chi connectivity index (χ0) is 20.5. The number of aryl methyl sites for hydroxylation is 2. The molecule has 0 radical (unpaired) electrons. The quantitative estimate of drug-likeness (QED) is 0.178. The highest BCUT2D eigenvalue weighted by Gasteiger charge is 2.16. The first-order valence-electron chi connectivity index (χ1n) is 11.6. The molecule has 4 heteroatoms. The Labute approximate surface area is 195 Å². The number of hydrogen-bond acceptors (Lipinski definition) is 4. The highest BCUT2D eigenvalue weighted by Crippen LogP contribution is 2.46. The minimum absolute atomic E-state index is 1.25. The zero-order valence-corrected chi connectivity index (χ0v) is 21.3. The Morgan fingerprint density at radius 3 is 2.07 bits per heavy atom.